The average molecular weight is 394 g/mol. The van der Waals surface area contributed by atoms with E-state index in [4.69, 9.17) is 9.72 Å². The van der Waals surface area contributed by atoms with Gasteiger partial charge in [0.25, 0.3) is 0 Å². The lowest BCUT2D eigenvalue weighted by Crippen LogP contribution is -1.92. The van der Waals surface area contributed by atoms with E-state index in [1.165, 1.54) is 0 Å². The molecule has 0 aliphatic heterocycles. The summed E-state index contributed by atoms with van der Waals surface area (Å²) in [4.78, 5) is 8.88. The largest absolute Gasteiger partial charge is 0.494 e. The molecule has 0 aliphatic carbocycles. The van der Waals surface area contributed by atoms with Crippen LogP contribution in [0.4, 0.5) is 0 Å². The maximum atomic E-state index is 5.40. The molecule has 3 aromatic rings. The van der Waals surface area contributed by atoms with Gasteiger partial charge >= 0.3 is 0 Å². The standard InChI is InChI=1S/C15H10Br2N2O/c1-20-13-5-4-11(16)10-7-12(17)14(19-15(10)13)9-3-2-6-18-8-9/h2-8H,1H3. The molecule has 0 fully saturated rings. The topological polar surface area (TPSA) is 35.0 Å². The van der Waals surface area contributed by atoms with Crippen LogP contribution in [0.15, 0.2) is 51.7 Å². The first-order chi connectivity index (χ1) is 9.70. The van der Waals surface area contributed by atoms with Crippen molar-refractivity contribution in [3.05, 3.63) is 51.7 Å². The van der Waals surface area contributed by atoms with E-state index in [1.54, 1.807) is 19.5 Å². The van der Waals surface area contributed by atoms with E-state index in [0.717, 1.165) is 36.9 Å². The Morgan fingerprint density at radius 2 is 1.95 bits per heavy atom. The minimum Gasteiger partial charge on any atom is -0.494 e. The highest BCUT2D eigenvalue weighted by Gasteiger charge is 2.12. The van der Waals surface area contributed by atoms with E-state index < -0.39 is 0 Å². The van der Waals surface area contributed by atoms with Crippen molar-refractivity contribution < 1.29 is 4.74 Å². The molecule has 3 rings (SSSR count). The van der Waals surface area contributed by atoms with Gasteiger partial charge in [-0.1, -0.05) is 15.9 Å². The summed E-state index contributed by atoms with van der Waals surface area (Å²) in [6.07, 6.45) is 3.54. The number of halogens is 2. The molecule has 20 heavy (non-hydrogen) atoms. The van der Waals surface area contributed by atoms with E-state index in [0.29, 0.717) is 0 Å². The molecule has 2 aromatic heterocycles. The van der Waals surface area contributed by atoms with Gasteiger partial charge in [-0.3, -0.25) is 4.98 Å². The van der Waals surface area contributed by atoms with Crippen LogP contribution in [0.25, 0.3) is 22.2 Å². The summed E-state index contributed by atoms with van der Waals surface area (Å²) in [5.41, 5.74) is 2.63. The Labute approximate surface area is 133 Å². The first-order valence-electron chi connectivity index (χ1n) is 5.94. The van der Waals surface area contributed by atoms with Crippen LogP contribution in [0, 0.1) is 0 Å². The average Bonchev–Trinajstić information content (AvgIpc) is 2.49. The van der Waals surface area contributed by atoms with Crippen LogP contribution in [-0.4, -0.2) is 17.1 Å². The predicted molar refractivity (Wildman–Crippen MR) is 86.9 cm³/mol. The van der Waals surface area contributed by atoms with Gasteiger partial charge in [0.1, 0.15) is 11.3 Å². The molecule has 0 saturated carbocycles. The molecule has 0 radical (unpaired) electrons. The van der Waals surface area contributed by atoms with E-state index in [2.05, 4.69) is 36.8 Å². The number of aromatic nitrogens is 2. The lowest BCUT2D eigenvalue weighted by Gasteiger charge is -2.10. The minimum atomic E-state index is 0.751. The fraction of sp³-hybridized carbons (Fsp3) is 0.0667. The molecule has 0 atom stereocenters. The third-order valence-corrected chi connectivity index (χ3v) is 4.30. The summed E-state index contributed by atoms with van der Waals surface area (Å²) in [6.45, 7) is 0. The van der Waals surface area contributed by atoms with Crippen molar-refractivity contribution in [2.75, 3.05) is 7.11 Å². The highest BCUT2D eigenvalue weighted by atomic mass is 79.9. The molecule has 0 bridgehead atoms. The number of pyridine rings is 2. The molecular formula is C15H10Br2N2O. The monoisotopic (exact) mass is 392 g/mol. The highest BCUT2D eigenvalue weighted by Crippen LogP contribution is 2.36. The number of hydrogen-bond donors (Lipinski definition) is 0. The second-order valence-electron chi connectivity index (χ2n) is 4.21. The minimum absolute atomic E-state index is 0.751. The normalized spacial score (nSPS) is 10.8. The molecule has 100 valence electrons. The zero-order valence-corrected chi connectivity index (χ0v) is 13.8. The van der Waals surface area contributed by atoms with Crippen LogP contribution < -0.4 is 4.74 Å². The van der Waals surface area contributed by atoms with E-state index in [9.17, 15) is 0 Å². The number of hydrogen-bond acceptors (Lipinski definition) is 3. The molecule has 0 amide bonds. The summed E-state index contributed by atoms with van der Waals surface area (Å²) in [6, 6.07) is 9.78. The van der Waals surface area contributed by atoms with E-state index in [-0.39, 0.29) is 0 Å². The number of ether oxygens (including phenoxy) is 1. The fourth-order valence-electron chi connectivity index (χ4n) is 2.05. The Morgan fingerprint density at radius 1 is 1.10 bits per heavy atom. The van der Waals surface area contributed by atoms with Crippen molar-refractivity contribution >= 4 is 42.8 Å². The van der Waals surface area contributed by atoms with Gasteiger partial charge in [0, 0.05) is 32.3 Å². The van der Waals surface area contributed by atoms with E-state index >= 15 is 0 Å². The molecule has 2 heterocycles. The molecule has 0 saturated heterocycles. The Bertz CT molecular complexity index is 776. The van der Waals surface area contributed by atoms with Crippen molar-refractivity contribution in [3.63, 3.8) is 0 Å². The first kappa shape index (κ1) is 13.5. The second-order valence-corrected chi connectivity index (χ2v) is 5.91. The van der Waals surface area contributed by atoms with Crippen molar-refractivity contribution in [2.24, 2.45) is 0 Å². The quantitative estimate of drug-likeness (QED) is 0.625. The first-order valence-corrected chi connectivity index (χ1v) is 7.52. The maximum absolute atomic E-state index is 5.40. The van der Waals surface area contributed by atoms with Gasteiger partial charge in [0.05, 0.1) is 12.8 Å². The number of methoxy groups -OCH3 is 1. The zero-order chi connectivity index (χ0) is 14.1. The summed E-state index contributed by atoms with van der Waals surface area (Å²) < 4.78 is 7.31. The van der Waals surface area contributed by atoms with Crippen LogP contribution in [0.3, 0.4) is 0 Å². The molecule has 0 aliphatic rings. The molecule has 5 heteroatoms. The molecule has 0 N–H and O–H groups in total. The van der Waals surface area contributed by atoms with Crippen LogP contribution >= 0.6 is 31.9 Å². The van der Waals surface area contributed by atoms with Gasteiger partial charge in [-0.05, 0) is 46.3 Å². The Balaban J connectivity index is 2.33. The van der Waals surface area contributed by atoms with Gasteiger partial charge < -0.3 is 4.74 Å². The lowest BCUT2D eigenvalue weighted by atomic mass is 10.1. The van der Waals surface area contributed by atoms with Crippen LogP contribution in [0.5, 0.6) is 5.75 Å². The summed E-state index contributed by atoms with van der Waals surface area (Å²) in [5.74, 6) is 0.751. The summed E-state index contributed by atoms with van der Waals surface area (Å²) in [5, 5.41) is 1.00. The maximum Gasteiger partial charge on any atom is 0.145 e. The molecule has 3 nitrogen and oxygen atoms in total. The van der Waals surface area contributed by atoms with Crippen molar-refractivity contribution in [1.29, 1.82) is 0 Å². The van der Waals surface area contributed by atoms with Crippen LogP contribution in [0.2, 0.25) is 0 Å². The van der Waals surface area contributed by atoms with E-state index in [1.807, 2.05) is 30.3 Å². The van der Waals surface area contributed by atoms with Crippen molar-refractivity contribution in [3.8, 4) is 17.0 Å². The number of nitrogens with zero attached hydrogens (tertiary/aromatic N) is 2. The van der Waals surface area contributed by atoms with Crippen LogP contribution in [0.1, 0.15) is 0 Å². The Kier molecular flexibility index (Phi) is 3.72. The molecule has 1 aromatic carbocycles. The zero-order valence-electron chi connectivity index (χ0n) is 10.6. The van der Waals surface area contributed by atoms with Gasteiger partial charge in [-0.15, -0.1) is 0 Å². The number of fused-ring (bicyclic) bond motifs is 1. The smallest absolute Gasteiger partial charge is 0.145 e. The van der Waals surface area contributed by atoms with Gasteiger partial charge in [0.2, 0.25) is 0 Å². The molecular weight excluding hydrogens is 384 g/mol. The third kappa shape index (κ3) is 2.31. The van der Waals surface area contributed by atoms with Crippen molar-refractivity contribution in [1.82, 2.24) is 9.97 Å². The predicted octanol–water partition coefficient (Wildman–Crippen LogP) is 4.83. The SMILES string of the molecule is COc1ccc(Br)c2cc(Br)c(-c3cccnc3)nc12. The fourth-order valence-corrected chi connectivity index (χ4v) is 3.03. The van der Waals surface area contributed by atoms with Gasteiger partial charge in [0.15, 0.2) is 0 Å². The van der Waals surface area contributed by atoms with Crippen molar-refractivity contribution in [2.45, 2.75) is 0 Å². The van der Waals surface area contributed by atoms with Crippen LogP contribution in [-0.2, 0) is 0 Å². The second kappa shape index (κ2) is 5.50. The summed E-state index contributed by atoms with van der Waals surface area (Å²) in [7, 11) is 1.65. The van der Waals surface area contributed by atoms with Gasteiger partial charge in [-0.25, -0.2) is 4.98 Å². The Hall–Kier alpha value is -1.46. The number of benzene rings is 1. The number of rotatable bonds is 2. The molecule has 0 unspecified atom stereocenters. The Morgan fingerprint density at radius 3 is 2.65 bits per heavy atom. The third-order valence-electron chi connectivity index (χ3n) is 3.00. The molecule has 0 spiro atoms. The summed E-state index contributed by atoms with van der Waals surface area (Å²) >= 11 is 7.13. The van der Waals surface area contributed by atoms with Gasteiger partial charge in [-0.2, -0.15) is 0 Å². The highest BCUT2D eigenvalue weighted by molar-refractivity contribution is 9.11. The lowest BCUT2D eigenvalue weighted by molar-refractivity contribution is 0.419.